The van der Waals surface area contributed by atoms with Gasteiger partial charge in [0.15, 0.2) is 5.75 Å². The van der Waals surface area contributed by atoms with E-state index in [4.69, 9.17) is 108 Å². The van der Waals surface area contributed by atoms with Crippen LogP contribution < -0.4 is 118 Å². The minimum atomic E-state index is -0.476. The van der Waals surface area contributed by atoms with Crippen molar-refractivity contribution in [3.05, 3.63) is 194 Å². The molecular weight excluding hydrogens is 1780 g/mol. The predicted molar refractivity (Wildman–Crippen MR) is 416 cm³/mol. The van der Waals surface area contributed by atoms with Gasteiger partial charge in [-0.1, -0.05) is 109 Å². The second-order valence-corrected chi connectivity index (χ2v) is 31.2. The van der Waals surface area contributed by atoms with Crippen molar-refractivity contribution in [1.29, 1.82) is 0 Å². The van der Waals surface area contributed by atoms with Gasteiger partial charge in [0.25, 0.3) is 6.47 Å². The summed E-state index contributed by atoms with van der Waals surface area (Å²) in [4.78, 5) is 11.2. The normalized spacial score (nSPS) is 16.5. The van der Waals surface area contributed by atoms with E-state index in [2.05, 4.69) is 85.0 Å². The number of phenolic OH excluding ortho intramolecular Hbond substituents is 2. The zero-order chi connectivity index (χ0) is 74.6. The van der Waals surface area contributed by atoms with E-state index in [1.807, 2.05) is 157 Å². The molecule has 4 saturated heterocycles. The SMILES string of the molecule is C1CCOC1.CC1(C)OB(B2OC(C)(C)C(C)(C)O2)OC1(C)C.CC1(C)OB(c2cccc3oc4cc(Cl)ccc4c23)OC1(C)C.Clc1ccc2c(c1)oc1cccc(Br)c12.Fc1cccc(Br)c1I.O=CO[O-].O[B]Oc1ccc(Cl)cc1O.Oc1cc(Cl)ccc1-c1c(F)cccc1Br.[H-].[K+].[K+]. The Hall–Kier alpha value is -1.41. The van der Waals surface area contributed by atoms with Crippen LogP contribution in [0.2, 0.25) is 20.1 Å². The fourth-order valence-electron chi connectivity index (χ4n) is 9.86. The van der Waals surface area contributed by atoms with Gasteiger partial charge in [-0.25, -0.2) is 8.78 Å². The molecule has 10 aromatic rings. The monoisotopic (exact) mass is 1840 g/mol. The van der Waals surface area contributed by atoms with Crippen molar-refractivity contribution in [2.24, 2.45) is 0 Å². The number of carbonyl (C=O) groups is 1. The first-order chi connectivity index (χ1) is 47.4. The zero-order valence-corrected chi connectivity index (χ0v) is 75.2. The molecule has 32 heteroatoms. The molecule has 103 heavy (non-hydrogen) atoms. The third kappa shape index (κ3) is 24.3. The van der Waals surface area contributed by atoms with Crippen LogP contribution in [0.15, 0.2) is 168 Å². The van der Waals surface area contributed by atoms with Crippen molar-refractivity contribution >= 4 is 201 Å². The molecule has 14 rings (SSSR count). The molecule has 0 bridgehead atoms. The summed E-state index contributed by atoms with van der Waals surface area (Å²) in [5, 5.41) is 41.9. The van der Waals surface area contributed by atoms with Crippen molar-refractivity contribution < 1.29 is 189 Å². The zero-order valence-electron chi connectivity index (χ0n) is 60.0. The van der Waals surface area contributed by atoms with E-state index in [9.17, 15) is 13.9 Å². The molecular formula is C71H73B4Br3Cl4F2IK2O16. The van der Waals surface area contributed by atoms with E-state index in [0.717, 1.165) is 71.5 Å². The van der Waals surface area contributed by atoms with Crippen LogP contribution in [0.25, 0.3) is 55.0 Å². The summed E-state index contributed by atoms with van der Waals surface area (Å²) in [5.41, 5.74) is 2.83. The number of aromatic hydroxyl groups is 2. The van der Waals surface area contributed by atoms with Crippen LogP contribution in [0, 0.1) is 15.2 Å². The van der Waals surface area contributed by atoms with Crippen molar-refractivity contribution in [3.63, 3.8) is 0 Å². The van der Waals surface area contributed by atoms with Gasteiger partial charge in [-0.3, -0.25) is 4.79 Å². The molecule has 0 saturated carbocycles. The van der Waals surface area contributed by atoms with Gasteiger partial charge >= 0.3 is 132 Å². The van der Waals surface area contributed by atoms with E-state index >= 15 is 0 Å². The molecule has 0 aliphatic carbocycles. The van der Waals surface area contributed by atoms with Crippen molar-refractivity contribution in [1.82, 2.24) is 0 Å². The van der Waals surface area contributed by atoms with Crippen molar-refractivity contribution in [2.45, 2.75) is 130 Å². The standard InChI is InChI=1S/C18H18BClO3.C12H24B2O4.C12H7BrClFO.C12H6BrClO.C6H5BClO3.C6H3BrFI.C4H8O.CH2O3.2K.H/c1-17(2)18(3,4)23-19(22-17)13-6-5-7-14-16(13)12-9-8-11(20)10-15(12)21-14;1-9(2)10(3,4)16-13(15-9)14-17-11(5,6)12(7,8)18-14;13-9-2-1-3-10(15)12(9)8-5-4-7(14)6-11(8)16;13-9-2-1-3-10-12(9)8-5-4-7(14)6-11(8)15-10;8-4-1-2-6(11-7-10)5(9)3-4;7-4-2-1-3-5(8)6(4)9;1-2-4-5-3-1;2-1-4-3;;;/h5-10H,1-4H3;1-8H3;1-6,16H;1-6H;1-3,9-10H;1-3H;1-4H2;1,3H;;;/q;;;;;;;;2*+1;-1/p-1. The van der Waals surface area contributed by atoms with Gasteiger partial charge in [-0.15, -0.1) is 0 Å². The maximum Gasteiger partial charge on any atom is 1.00 e. The summed E-state index contributed by atoms with van der Waals surface area (Å²) in [6.45, 7) is 26.3. The van der Waals surface area contributed by atoms with Gasteiger partial charge < -0.3 is 73.0 Å². The molecule has 537 valence electrons. The maximum absolute atomic E-state index is 13.6. The first kappa shape index (κ1) is 92.2. The minimum absolute atomic E-state index is 0. The fourth-order valence-corrected chi connectivity index (χ4v) is 12.3. The van der Waals surface area contributed by atoms with E-state index in [0.29, 0.717) is 46.9 Å². The number of furan rings is 2. The summed E-state index contributed by atoms with van der Waals surface area (Å²) in [6, 6.07) is 41.7. The molecule has 8 aromatic carbocycles. The molecule has 16 nitrogen and oxygen atoms in total. The Bertz CT molecular complexity index is 4370. The predicted octanol–water partition coefficient (Wildman–Crippen LogP) is 13.9. The minimum Gasteiger partial charge on any atom is -1.00 e. The van der Waals surface area contributed by atoms with E-state index in [-0.39, 0.29) is 167 Å². The number of hydrogen-bond acceptors (Lipinski definition) is 16. The van der Waals surface area contributed by atoms with E-state index in [1.165, 1.54) is 43.2 Å². The molecule has 0 unspecified atom stereocenters. The number of fused-ring (bicyclic) bond motifs is 6. The first-order valence-electron chi connectivity index (χ1n) is 31.3. The Morgan fingerprint density at radius 1 is 0.534 bits per heavy atom. The molecule has 4 aliphatic heterocycles. The number of hydrogen-bond donors (Lipinski definition) is 3. The third-order valence-corrected chi connectivity index (χ3v) is 22.0. The Balaban J connectivity index is 0.000000261. The third-order valence-electron chi connectivity index (χ3n) is 17.2. The van der Waals surface area contributed by atoms with Crippen LogP contribution in [0.5, 0.6) is 17.2 Å². The van der Waals surface area contributed by atoms with Crippen LogP contribution in [-0.4, -0.2) is 97.4 Å². The smallest absolute Gasteiger partial charge is 1.00 e. The van der Waals surface area contributed by atoms with Gasteiger partial charge in [-0.2, -0.15) is 0 Å². The summed E-state index contributed by atoms with van der Waals surface area (Å²) >= 11 is 35.2. The molecule has 3 N–H and O–H groups in total. The Labute approximate surface area is 745 Å². The fraction of sp³-hybridized carbons (Fsp3) is 0.310. The van der Waals surface area contributed by atoms with Crippen LogP contribution >= 0.6 is 117 Å². The van der Waals surface area contributed by atoms with Gasteiger partial charge in [0, 0.05) is 97.6 Å². The molecule has 2 aromatic heterocycles. The molecule has 4 aliphatic rings. The van der Waals surface area contributed by atoms with Gasteiger partial charge in [0.2, 0.25) is 0 Å². The Morgan fingerprint density at radius 3 is 1.36 bits per heavy atom. The van der Waals surface area contributed by atoms with Gasteiger partial charge in [0.1, 0.15) is 45.5 Å². The number of rotatable bonds is 6. The number of benzene rings is 8. The summed E-state index contributed by atoms with van der Waals surface area (Å²) in [6.07, 6.45) is 2.56. The average molecular weight is 1850 g/mol. The molecule has 1 radical (unpaired) electrons. The van der Waals surface area contributed by atoms with E-state index < -0.39 is 27.0 Å². The average Bonchev–Trinajstić information content (AvgIpc) is 1.60. The Kier molecular flexibility index (Phi) is 36.4. The van der Waals surface area contributed by atoms with Crippen LogP contribution in [-0.2, 0) is 42.3 Å². The van der Waals surface area contributed by atoms with E-state index in [1.54, 1.807) is 36.4 Å². The second kappa shape index (κ2) is 40.7. The maximum atomic E-state index is 13.6. The summed E-state index contributed by atoms with van der Waals surface area (Å²) in [7, 11) is -0.879. The second-order valence-electron chi connectivity index (χ2n) is 25.8. The van der Waals surface area contributed by atoms with Crippen LogP contribution in [0.3, 0.4) is 0 Å². The number of carbonyl (C=O) groups excluding carboxylic acids is 1. The largest absolute Gasteiger partial charge is 1.00 e. The first-order valence-corrected chi connectivity index (χ1v) is 36.2. The molecule has 0 spiro atoms. The van der Waals surface area contributed by atoms with Crippen molar-refractivity contribution in [3.8, 4) is 28.4 Å². The molecule has 0 amide bonds. The summed E-state index contributed by atoms with van der Waals surface area (Å²) < 4.78 is 86.6. The van der Waals surface area contributed by atoms with Crippen molar-refractivity contribution in [2.75, 3.05) is 13.2 Å². The number of halogens is 10. The van der Waals surface area contributed by atoms with Gasteiger partial charge in [0.05, 0.1) is 37.2 Å². The van der Waals surface area contributed by atoms with Crippen LogP contribution in [0.1, 0.15) is 97.4 Å². The number of phenols is 2. The number of ether oxygens (including phenoxy) is 1. The summed E-state index contributed by atoms with van der Waals surface area (Å²) in [5.74, 6) is -0.560. The molecule has 4 fully saturated rings. The molecule has 0 atom stereocenters. The Morgan fingerprint density at radius 2 is 0.932 bits per heavy atom. The van der Waals surface area contributed by atoms with Gasteiger partial charge in [-0.05, 0) is 237 Å². The molecule has 6 heterocycles. The topological polar surface area (TPSA) is 210 Å². The van der Waals surface area contributed by atoms with Crippen LogP contribution in [0.4, 0.5) is 8.78 Å². The quantitative estimate of drug-likeness (QED) is 0.0353.